The molecule has 1 amide bonds. The molecule has 0 aliphatic heterocycles. The van der Waals surface area contributed by atoms with E-state index in [-0.39, 0.29) is 10.6 Å². The van der Waals surface area contributed by atoms with E-state index in [1.807, 2.05) is 6.07 Å². The molecule has 4 nitrogen and oxygen atoms in total. The lowest BCUT2D eigenvalue weighted by atomic mass is 10.2. The molecule has 1 heterocycles. The fourth-order valence-electron chi connectivity index (χ4n) is 2.33. The van der Waals surface area contributed by atoms with Crippen LogP contribution in [0.5, 0.6) is 0 Å². The number of hydrogen-bond donors (Lipinski definition) is 1. The third kappa shape index (κ3) is 4.52. The average molecular weight is 452 g/mol. The highest BCUT2D eigenvalue weighted by molar-refractivity contribution is 6.43. The van der Waals surface area contributed by atoms with Crippen molar-refractivity contribution in [3.63, 3.8) is 0 Å². The average Bonchev–Trinajstić information content (AvgIpc) is 3.13. The Balaban J connectivity index is 1.84. The van der Waals surface area contributed by atoms with Gasteiger partial charge in [-0.2, -0.15) is 5.26 Å². The van der Waals surface area contributed by atoms with Crippen molar-refractivity contribution in [2.24, 2.45) is 0 Å². The molecule has 0 unspecified atom stereocenters. The zero-order valence-electron chi connectivity index (χ0n) is 14.0. The standard InChI is InChI=1S/C20H10Cl4N2O2/c21-15-6-4-12(9-17(15)23)26-20(27)11(10-25)8-13-5-7-18(28-13)14-2-1-3-16(22)19(14)24/h1-9H,(H,26,27)/b11-8+. The number of benzene rings is 2. The first kappa shape index (κ1) is 20.3. The maximum atomic E-state index is 12.4. The van der Waals surface area contributed by atoms with Crippen LogP contribution in [-0.2, 0) is 4.79 Å². The lowest BCUT2D eigenvalue weighted by molar-refractivity contribution is -0.112. The molecule has 1 N–H and O–H groups in total. The zero-order valence-corrected chi connectivity index (χ0v) is 17.0. The van der Waals surface area contributed by atoms with Gasteiger partial charge in [-0.3, -0.25) is 4.79 Å². The number of furan rings is 1. The summed E-state index contributed by atoms with van der Waals surface area (Å²) in [7, 11) is 0. The largest absolute Gasteiger partial charge is 0.457 e. The Labute approximate surface area is 180 Å². The number of rotatable bonds is 4. The first-order valence-corrected chi connectivity index (χ1v) is 9.32. The molecule has 0 saturated heterocycles. The summed E-state index contributed by atoms with van der Waals surface area (Å²) in [6.45, 7) is 0. The van der Waals surface area contributed by atoms with E-state index in [2.05, 4.69) is 5.32 Å². The minimum absolute atomic E-state index is 0.149. The summed E-state index contributed by atoms with van der Waals surface area (Å²) in [6.07, 6.45) is 1.33. The van der Waals surface area contributed by atoms with Gasteiger partial charge in [0.25, 0.3) is 5.91 Å². The predicted octanol–water partition coefficient (Wildman–Crippen LogP) is 7.11. The molecule has 2 aromatic carbocycles. The van der Waals surface area contributed by atoms with Gasteiger partial charge in [-0.15, -0.1) is 0 Å². The van der Waals surface area contributed by atoms with Crippen LogP contribution >= 0.6 is 46.4 Å². The number of nitrogens with zero attached hydrogens (tertiary/aromatic N) is 1. The fraction of sp³-hybridized carbons (Fsp3) is 0. The second-order valence-electron chi connectivity index (χ2n) is 5.56. The Morgan fingerprint density at radius 2 is 1.79 bits per heavy atom. The molecule has 28 heavy (non-hydrogen) atoms. The van der Waals surface area contributed by atoms with Crippen LogP contribution in [0.1, 0.15) is 5.76 Å². The lowest BCUT2D eigenvalue weighted by Gasteiger charge is -2.05. The van der Waals surface area contributed by atoms with Crippen LogP contribution in [0.3, 0.4) is 0 Å². The van der Waals surface area contributed by atoms with Crippen LogP contribution in [0.15, 0.2) is 58.5 Å². The summed E-state index contributed by atoms with van der Waals surface area (Å²) >= 11 is 24.0. The quantitative estimate of drug-likeness (QED) is 0.339. The predicted molar refractivity (Wildman–Crippen MR) is 113 cm³/mol. The second kappa shape index (κ2) is 8.72. The monoisotopic (exact) mass is 450 g/mol. The van der Waals surface area contributed by atoms with E-state index in [0.717, 1.165) is 0 Å². The summed E-state index contributed by atoms with van der Waals surface area (Å²) in [5.74, 6) is 0.160. The van der Waals surface area contributed by atoms with Crippen LogP contribution in [0, 0.1) is 11.3 Å². The van der Waals surface area contributed by atoms with Gasteiger partial charge in [-0.1, -0.05) is 52.5 Å². The minimum atomic E-state index is -0.611. The Kier molecular flexibility index (Phi) is 6.33. The molecule has 0 aliphatic carbocycles. The van der Waals surface area contributed by atoms with E-state index in [1.165, 1.54) is 12.1 Å². The van der Waals surface area contributed by atoms with Crippen molar-refractivity contribution in [2.45, 2.75) is 0 Å². The highest BCUT2D eigenvalue weighted by Crippen LogP contribution is 2.34. The van der Waals surface area contributed by atoms with Crippen LogP contribution in [0.4, 0.5) is 5.69 Å². The lowest BCUT2D eigenvalue weighted by Crippen LogP contribution is -2.13. The first-order valence-electron chi connectivity index (χ1n) is 7.81. The molecular weight excluding hydrogens is 442 g/mol. The number of nitriles is 1. The van der Waals surface area contributed by atoms with Crippen molar-refractivity contribution in [3.05, 3.63) is 80.0 Å². The topological polar surface area (TPSA) is 66.0 Å². The van der Waals surface area contributed by atoms with E-state index in [0.29, 0.717) is 37.8 Å². The van der Waals surface area contributed by atoms with Crippen molar-refractivity contribution in [1.29, 1.82) is 5.26 Å². The zero-order chi connectivity index (χ0) is 20.3. The third-order valence-corrected chi connectivity index (χ3v) is 5.23. The van der Waals surface area contributed by atoms with Gasteiger partial charge in [-0.25, -0.2) is 0 Å². The van der Waals surface area contributed by atoms with Crippen LogP contribution < -0.4 is 5.32 Å². The molecule has 0 radical (unpaired) electrons. The van der Waals surface area contributed by atoms with Gasteiger partial charge >= 0.3 is 0 Å². The fourth-order valence-corrected chi connectivity index (χ4v) is 3.02. The van der Waals surface area contributed by atoms with E-state index >= 15 is 0 Å². The SMILES string of the molecule is N#C/C(=C\c1ccc(-c2cccc(Cl)c2Cl)o1)C(=O)Nc1ccc(Cl)c(Cl)c1. The smallest absolute Gasteiger partial charge is 0.266 e. The van der Waals surface area contributed by atoms with Crippen LogP contribution in [0.2, 0.25) is 20.1 Å². The van der Waals surface area contributed by atoms with E-state index in [4.69, 9.17) is 50.8 Å². The highest BCUT2D eigenvalue weighted by Gasteiger charge is 2.14. The number of halogens is 4. The van der Waals surface area contributed by atoms with Gasteiger partial charge in [-0.05, 0) is 42.5 Å². The number of carbonyl (C=O) groups excluding carboxylic acids is 1. The summed E-state index contributed by atoms with van der Waals surface area (Å²) in [5, 5.41) is 13.3. The van der Waals surface area contributed by atoms with Crippen molar-refractivity contribution in [2.75, 3.05) is 5.32 Å². The molecule has 0 bridgehead atoms. The van der Waals surface area contributed by atoms with Crippen molar-refractivity contribution in [3.8, 4) is 17.4 Å². The van der Waals surface area contributed by atoms with Gasteiger partial charge in [0.05, 0.1) is 20.1 Å². The number of anilines is 1. The highest BCUT2D eigenvalue weighted by atomic mass is 35.5. The van der Waals surface area contributed by atoms with E-state index in [9.17, 15) is 10.1 Å². The van der Waals surface area contributed by atoms with Gasteiger partial charge in [0, 0.05) is 17.3 Å². The third-order valence-electron chi connectivity index (χ3n) is 3.67. The summed E-state index contributed by atoms with van der Waals surface area (Å²) in [5.41, 5.74) is 0.864. The van der Waals surface area contributed by atoms with Gasteiger partial charge in [0.15, 0.2) is 0 Å². The molecule has 0 atom stereocenters. The number of carbonyl (C=O) groups is 1. The van der Waals surface area contributed by atoms with Crippen LogP contribution in [-0.4, -0.2) is 5.91 Å². The second-order valence-corrected chi connectivity index (χ2v) is 7.16. The van der Waals surface area contributed by atoms with Gasteiger partial charge in [0.1, 0.15) is 23.2 Å². The molecule has 0 saturated carbocycles. The maximum Gasteiger partial charge on any atom is 0.266 e. The maximum absolute atomic E-state index is 12.4. The molecule has 0 fully saturated rings. The number of amides is 1. The van der Waals surface area contributed by atoms with Gasteiger partial charge < -0.3 is 9.73 Å². The number of nitrogens with one attached hydrogen (secondary N) is 1. The number of hydrogen-bond acceptors (Lipinski definition) is 3. The molecule has 140 valence electrons. The molecule has 1 aromatic heterocycles. The summed E-state index contributed by atoms with van der Waals surface area (Å²) in [6, 6.07) is 14.9. The van der Waals surface area contributed by atoms with Gasteiger partial charge in [0.2, 0.25) is 0 Å². The van der Waals surface area contributed by atoms with E-state index < -0.39 is 5.91 Å². The molecular formula is C20H10Cl4N2O2. The Morgan fingerprint density at radius 1 is 1.00 bits per heavy atom. The first-order chi connectivity index (χ1) is 13.4. The van der Waals surface area contributed by atoms with Crippen molar-refractivity contribution >= 4 is 64.1 Å². The van der Waals surface area contributed by atoms with Crippen molar-refractivity contribution < 1.29 is 9.21 Å². The van der Waals surface area contributed by atoms with Crippen LogP contribution in [0.25, 0.3) is 17.4 Å². The molecule has 0 aliphatic rings. The Bertz CT molecular complexity index is 1130. The molecule has 8 heteroatoms. The Hall–Kier alpha value is -2.42. The molecule has 0 spiro atoms. The summed E-state index contributed by atoms with van der Waals surface area (Å²) in [4.78, 5) is 12.4. The normalized spacial score (nSPS) is 11.2. The van der Waals surface area contributed by atoms with E-state index in [1.54, 1.807) is 42.5 Å². The van der Waals surface area contributed by atoms with Crippen molar-refractivity contribution in [1.82, 2.24) is 0 Å². The Morgan fingerprint density at radius 3 is 2.50 bits per heavy atom. The molecule has 3 rings (SSSR count). The molecule has 3 aromatic rings. The summed E-state index contributed by atoms with van der Waals surface area (Å²) < 4.78 is 5.68. The minimum Gasteiger partial charge on any atom is -0.457 e.